The van der Waals surface area contributed by atoms with E-state index in [1.54, 1.807) is 18.2 Å². The van der Waals surface area contributed by atoms with Gasteiger partial charge in [-0.1, -0.05) is 49.4 Å². The van der Waals surface area contributed by atoms with Gasteiger partial charge in [0, 0.05) is 5.92 Å². The van der Waals surface area contributed by atoms with Crippen LogP contribution in [0.3, 0.4) is 0 Å². The molecule has 0 radical (unpaired) electrons. The molecule has 1 saturated carbocycles. The fourth-order valence-electron chi connectivity index (χ4n) is 3.10. The first kappa shape index (κ1) is 15.7. The number of hydrogen-bond donors (Lipinski definition) is 1. The van der Waals surface area contributed by atoms with Gasteiger partial charge in [-0.3, -0.25) is 4.79 Å². The van der Waals surface area contributed by atoms with Crippen molar-refractivity contribution in [3.8, 4) is 0 Å². The van der Waals surface area contributed by atoms with Crippen LogP contribution in [0.5, 0.6) is 0 Å². The summed E-state index contributed by atoms with van der Waals surface area (Å²) in [5.74, 6) is -2.42. The van der Waals surface area contributed by atoms with Crippen LogP contribution in [-0.2, 0) is 21.1 Å². The second-order valence-electron chi connectivity index (χ2n) is 5.81. The number of benzene rings is 2. The molecule has 1 fully saturated rings. The average molecular weight is 330 g/mol. The van der Waals surface area contributed by atoms with Crippen molar-refractivity contribution in [3.63, 3.8) is 0 Å². The molecule has 0 unspecified atom stereocenters. The quantitative estimate of drug-likeness (QED) is 0.915. The molecule has 5 heteroatoms. The zero-order valence-corrected chi connectivity index (χ0v) is 13.5. The van der Waals surface area contributed by atoms with Crippen LogP contribution in [-0.4, -0.2) is 24.7 Å². The van der Waals surface area contributed by atoms with Crippen molar-refractivity contribution in [1.29, 1.82) is 0 Å². The predicted octanol–water partition coefficient (Wildman–Crippen LogP) is 2.89. The molecule has 1 aliphatic rings. The van der Waals surface area contributed by atoms with Gasteiger partial charge in [0.1, 0.15) is 0 Å². The Balaban J connectivity index is 1.96. The maximum absolute atomic E-state index is 12.8. The van der Waals surface area contributed by atoms with E-state index in [9.17, 15) is 18.3 Å². The summed E-state index contributed by atoms with van der Waals surface area (Å²) in [5, 5.41) is 8.51. The molecule has 4 nitrogen and oxygen atoms in total. The number of sulfone groups is 1. The highest BCUT2D eigenvalue weighted by molar-refractivity contribution is 7.92. The molecule has 1 aliphatic carbocycles. The van der Waals surface area contributed by atoms with Crippen LogP contribution in [0.2, 0.25) is 0 Å². The molecular weight excluding hydrogens is 312 g/mol. The first-order chi connectivity index (χ1) is 11.0. The molecule has 0 aromatic heterocycles. The highest BCUT2D eigenvalue weighted by Gasteiger charge is 2.63. The first-order valence-electron chi connectivity index (χ1n) is 7.57. The van der Waals surface area contributed by atoms with Gasteiger partial charge in [0.25, 0.3) is 0 Å². The van der Waals surface area contributed by atoms with E-state index in [-0.39, 0.29) is 4.90 Å². The van der Waals surface area contributed by atoms with E-state index in [0.717, 1.165) is 17.5 Å². The summed E-state index contributed by atoms with van der Waals surface area (Å²) in [4.78, 5) is 11.7. The Kier molecular flexibility index (Phi) is 3.98. The van der Waals surface area contributed by atoms with Crippen molar-refractivity contribution in [2.45, 2.75) is 29.4 Å². The molecule has 3 rings (SSSR count). The fraction of sp³-hybridized carbons (Fsp3) is 0.278. The highest BCUT2D eigenvalue weighted by Crippen LogP contribution is 2.54. The molecule has 0 spiro atoms. The second kappa shape index (κ2) is 5.81. The van der Waals surface area contributed by atoms with Gasteiger partial charge < -0.3 is 5.11 Å². The lowest BCUT2D eigenvalue weighted by atomic mass is 10.1. The van der Waals surface area contributed by atoms with Crippen LogP contribution in [0.25, 0.3) is 0 Å². The Bertz CT molecular complexity index is 810. The van der Waals surface area contributed by atoms with Gasteiger partial charge >= 0.3 is 5.97 Å². The molecule has 120 valence electrons. The zero-order valence-electron chi connectivity index (χ0n) is 12.7. The van der Waals surface area contributed by atoms with Gasteiger partial charge in [-0.2, -0.15) is 0 Å². The number of rotatable bonds is 5. The molecule has 1 N–H and O–H groups in total. The number of carbonyl (C=O) groups is 1. The van der Waals surface area contributed by atoms with E-state index in [2.05, 4.69) is 0 Å². The van der Waals surface area contributed by atoms with E-state index in [4.69, 9.17) is 0 Å². The SMILES string of the molecule is CCc1ccc([C@@H]2[C@H](C(=O)O)[C@@H]2S(=O)(=O)c2ccccc2)cc1. The lowest BCUT2D eigenvalue weighted by Crippen LogP contribution is -2.13. The van der Waals surface area contributed by atoms with Gasteiger partial charge in [0.15, 0.2) is 9.84 Å². The van der Waals surface area contributed by atoms with Crippen LogP contribution in [0, 0.1) is 5.92 Å². The molecular formula is C18H18O4S. The molecule has 2 aromatic carbocycles. The monoisotopic (exact) mass is 330 g/mol. The van der Waals surface area contributed by atoms with Crippen molar-refractivity contribution in [1.82, 2.24) is 0 Å². The molecule has 0 heterocycles. The lowest BCUT2D eigenvalue weighted by molar-refractivity contribution is -0.138. The third-order valence-electron chi connectivity index (χ3n) is 4.44. The molecule has 0 aliphatic heterocycles. The van der Waals surface area contributed by atoms with Crippen LogP contribution in [0.15, 0.2) is 59.5 Å². The van der Waals surface area contributed by atoms with Crippen molar-refractivity contribution < 1.29 is 18.3 Å². The largest absolute Gasteiger partial charge is 0.481 e. The molecule has 23 heavy (non-hydrogen) atoms. The summed E-state index contributed by atoms with van der Waals surface area (Å²) in [5.41, 5.74) is 1.92. The fourth-order valence-corrected chi connectivity index (χ4v) is 5.25. The highest BCUT2D eigenvalue weighted by atomic mass is 32.2. The standard InChI is InChI=1S/C18H18O4S/c1-2-12-8-10-13(11-9-12)15-16(18(19)20)17(15)23(21,22)14-6-4-3-5-7-14/h3-11,15-17H,2H2,1H3,(H,19,20)/t15-,16+,17-/m1/s1. The number of aryl methyl sites for hydroxylation is 1. The summed E-state index contributed by atoms with van der Waals surface area (Å²) < 4.78 is 25.5. The molecule has 2 aromatic rings. The van der Waals surface area contributed by atoms with E-state index in [0.29, 0.717) is 0 Å². The maximum atomic E-state index is 12.8. The lowest BCUT2D eigenvalue weighted by Gasteiger charge is -2.04. The van der Waals surface area contributed by atoms with Gasteiger partial charge in [-0.05, 0) is 29.7 Å². The topological polar surface area (TPSA) is 71.4 Å². The van der Waals surface area contributed by atoms with E-state index >= 15 is 0 Å². The van der Waals surface area contributed by atoms with Crippen LogP contribution in [0.4, 0.5) is 0 Å². The second-order valence-corrected chi connectivity index (χ2v) is 7.91. The van der Waals surface area contributed by atoms with E-state index in [1.807, 2.05) is 31.2 Å². The Hall–Kier alpha value is -2.14. The number of aliphatic carboxylic acids is 1. The number of carboxylic acid groups (broad SMARTS) is 1. The normalized spacial score (nSPS) is 23.4. The molecule has 0 bridgehead atoms. The number of hydrogen-bond acceptors (Lipinski definition) is 3. The smallest absolute Gasteiger partial charge is 0.308 e. The summed E-state index contributed by atoms with van der Waals surface area (Å²) in [6.45, 7) is 2.04. The van der Waals surface area contributed by atoms with Crippen LogP contribution >= 0.6 is 0 Å². The third kappa shape index (κ3) is 2.77. The van der Waals surface area contributed by atoms with E-state index in [1.165, 1.54) is 12.1 Å². The van der Waals surface area contributed by atoms with Crippen molar-refractivity contribution in [3.05, 3.63) is 65.7 Å². The summed E-state index contributed by atoms with van der Waals surface area (Å²) in [6, 6.07) is 15.6. The Morgan fingerprint density at radius 2 is 1.65 bits per heavy atom. The summed E-state index contributed by atoms with van der Waals surface area (Å²) in [6.07, 6.45) is 0.888. The maximum Gasteiger partial charge on any atom is 0.308 e. The summed E-state index contributed by atoms with van der Waals surface area (Å²) >= 11 is 0. The summed E-state index contributed by atoms with van der Waals surface area (Å²) in [7, 11) is -3.65. The van der Waals surface area contributed by atoms with Crippen LogP contribution < -0.4 is 0 Å². The molecule has 3 atom stereocenters. The van der Waals surface area contributed by atoms with Crippen molar-refractivity contribution >= 4 is 15.8 Å². The Morgan fingerprint density at radius 3 is 2.17 bits per heavy atom. The average Bonchev–Trinajstić information content (AvgIpc) is 3.32. The first-order valence-corrected chi connectivity index (χ1v) is 9.12. The van der Waals surface area contributed by atoms with Gasteiger partial charge in [0.2, 0.25) is 0 Å². The van der Waals surface area contributed by atoms with Crippen LogP contribution in [0.1, 0.15) is 24.0 Å². The number of carboxylic acids is 1. The third-order valence-corrected chi connectivity index (χ3v) is 6.67. The minimum absolute atomic E-state index is 0.184. The van der Waals surface area contributed by atoms with Gasteiger partial charge in [-0.25, -0.2) is 8.42 Å². The van der Waals surface area contributed by atoms with Crippen molar-refractivity contribution in [2.24, 2.45) is 5.92 Å². The minimum Gasteiger partial charge on any atom is -0.481 e. The van der Waals surface area contributed by atoms with Gasteiger partial charge in [-0.15, -0.1) is 0 Å². The Labute approximate surface area is 135 Å². The molecule has 0 amide bonds. The van der Waals surface area contributed by atoms with Crippen molar-refractivity contribution in [2.75, 3.05) is 0 Å². The Morgan fingerprint density at radius 1 is 1.04 bits per heavy atom. The van der Waals surface area contributed by atoms with E-state index < -0.39 is 32.9 Å². The zero-order chi connectivity index (χ0) is 16.6. The molecule has 0 saturated heterocycles. The minimum atomic E-state index is -3.65. The predicted molar refractivity (Wildman–Crippen MR) is 87.1 cm³/mol. The van der Waals surface area contributed by atoms with Gasteiger partial charge in [0.05, 0.1) is 16.1 Å².